The number of imidazole rings is 1. The Morgan fingerprint density at radius 3 is 2.73 bits per heavy atom. The largest absolute Gasteiger partial charge is 0.383 e. The van der Waals surface area contributed by atoms with E-state index in [9.17, 15) is 4.79 Å². The van der Waals surface area contributed by atoms with Gasteiger partial charge in [-0.05, 0) is 6.92 Å². The molecule has 144 valence electrons. The minimum Gasteiger partial charge on any atom is -0.383 e. The van der Waals surface area contributed by atoms with E-state index in [0.717, 1.165) is 0 Å². The Morgan fingerprint density at radius 1 is 1.23 bits per heavy atom. The summed E-state index contributed by atoms with van der Waals surface area (Å²) in [5.74, 6) is 0.542. The number of nitrogens with one attached hydrogen (secondary N) is 1. The number of thioether (sulfide) groups is 1. The van der Waals surface area contributed by atoms with Crippen LogP contribution in [-0.4, -0.2) is 78.1 Å². The summed E-state index contributed by atoms with van der Waals surface area (Å²) in [5.41, 5.74) is 0.607. The lowest BCUT2D eigenvalue weighted by Gasteiger charge is -2.25. The first-order valence-electron chi connectivity index (χ1n) is 8.31. The van der Waals surface area contributed by atoms with Gasteiger partial charge in [-0.25, -0.2) is 9.97 Å². The molecule has 3 heterocycles. The lowest BCUT2D eigenvalue weighted by Crippen LogP contribution is -2.38. The first kappa shape index (κ1) is 19.3. The van der Waals surface area contributed by atoms with Crippen LogP contribution in [0.25, 0.3) is 11.2 Å². The average Bonchev–Trinajstić information content (AvgIpc) is 3.17. The number of rotatable bonds is 8. The van der Waals surface area contributed by atoms with Gasteiger partial charge in [-0.1, -0.05) is 0 Å². The molecule has 2 aromatic heterocycles. The molecule has 0 saturated carbocycles. The van der Waals surface area contributed by atoms with Gasteiger partial charge in [0.25, 0.3) is 5.56 Å². The van der Waals surface area contributed by atoms with Crippen LogP contribution in [0.3, 0.4) is 0 Å². The summed E-state index contributed by atoms with van der Waals surface area (Å²) >= 11 is 1.67. The lowest BCUT2D eigenvalue weighted by molar-refractivity contribution is -0.0720. The Hall–Kier alpha value is -1.46. The quantitative estimate of drug-likeness (QED) is 0.665. The molecule has 1 aliphatic heterocycles. The van der Waals surface area contributed by atoms with Gasteiger partial charge in [0.15, 0.2) is 11.2 Å². The Labute approximate surface area is 155 Å². The van der Waals surface area contributed by atoms with Gasteiger partial charge in [-0.3, -0.25) is 9.36 Å². The number of hydrogen-bond acceptors (Lipinski definition) is 8. The highest BCUT2D eigenvalue weighted by Crippen LogP contribution is 2.45. The van der Waals surface area contributed by atoms with E-state index in [1.165, 1.54) is 0 Å². The topological polar surface area (TPSA) is 100 Å². The monoisotopic (exact) mass is 384 g/mol. The highest BCUT2D eigenvalue weighted by Gasteiger charge is 2.46. The predicted molar refractivity (Wildman–Crippen MR) is 97.6 cm³/mol. The summed E-state index contributed by atoms with van der Waals surface area (Å²) in [5, 5.41) is -0.0567. The number of aryl methyl sites for hydroxylation is 1. The molecule has 1 N–H and O–H groups in total. The summed E-state index contributed by atoms with van der Waals surface area (Å²) in [6.07, 6.45) is 1.22. The number of ether oxygens (including phenoxy) is 4. The van der Waals surface area contributed by atoms with Crippen LogP contribution in [0.4, 0.5) is 0 Å². The molecule has 0 aliphatic carbocycles. The van der Waals surface area contributed by atoms with Crippen molar-refractivity contribution in [3.63, 3.8) is 0 Å². The summed E-state index contributed by atoms with van der Waals surface area (Å²) in [4.78, 5) is 23.5. The van der Waals surface area contributed by atoms with Crippen LogP contribution in [-0.2, 0) is 18.9 Å². The van der Waals surface area contributed by atoms with Crippen molar-refractivity contribution in [3.8, 4) is 0 Å². The van der Waals surface area contributed by atoms with E-state index in [4.69, 9.17) is 18.9 Å². The van der Waals surface area contributed by atoms with Crippen LogP contribution >= 0.6 is 11.8 Å². The molecule has 2 aromatic rings. The minimum absolute atomic E-state index is 0.0862. The molecule has 3 rings (SSSR count). The van der Waals surface area contributed by atoms with Gasteiger partial charge in [0.05, 0.1) is 31.4 Å². The number of fused-ring (bicyclic) bond motifs is 1. The van der Waals surface area contributed by atoms with Gasteiger partial charge in [-0.2, -0.15) is 0 Å². The molecule has 1 unspecified atom stereocenters. The first-order chi connectivity index (χ1) is 12.6. The van der Waals surface area contributed by atoms with Crippen LogP contribution in [0.2, 0.25) is 0 Å². The van der Waals surface area contributed by atoms with Crippen LogP contribution in [0.1, 0.15) is 11.2 Å². The van der Waals surface area contributed by atoms with Crippen molar-refractivity contribution in [2.24, 2.45) is 0 Å². The van der Waals surface area contributed by atoms with Gasteiger partial charge >= 0.3 is 0 Å². The molecule has 0 aromatic carbocycles. The number of hydrogen-bond donors (Lipinski definition) is 1. The van der Waals surface area contributed by atoms with Crippen molar-refractivity contribution in [3.05, 3.63) is 22.5 Å². The smallest absolute Gasteiger partial charge is 0.279 e. The summed E-state index contributed by atoms with van der Waals surface area (Å²) in [6.45, 7) is 3.21. The maximum atomic E-state index is 12.1. The second-order valence-corrected chi connectivity index (χ2v) is 7.39. The van der Waals surface area contributed by atoms with Crippen molar-refractivity contribution in [2.75, 3.05) is 41.2 Å². The maximum absolute atomic E-state index is 12.1. The van der Waals surface area contributed by atoms with Crippen molar-refractivity contribution in [1.29, 1.82) is 0 Å². The fourth-order valence-corrected chi connectivity index (χ4v) is 4.85. The number of aromatic nitrogens is 4. The Bertz CT molecular complexity index is 795. The molecule has 0 spiro atoms. The van der Waals surface area contributed by atoms with Crippen LogP contribution in [0, 0.1) is 6.92 Å². The first-order valence-corrected chi connectivity index (χ1v) is 9.26. The van der Waals surface area contributed by atoms with Crippen LogP contribution in [0.15, 0.2) is 11.1 Å². The molecule has 1 saturated heterocycles. The van der Waals surface area contributed by atoms with E-state index < -0.39 is 0 Å². The standard InChI is InChI=1S/C16H24N4O5S/c1-9-18-14-11(15(21)19-9)17-8-20(14)16-13(25-6-5-22-2)12(24-4)10(26-16)7-23-3/h8,10,12-13,16H,5-7H2,1-4H3,(H,18,19,21)/t10-,12?,13+,16-/m1/s1. The molecular weight excluding hydrogens is 360 g/mol. The molecule has 0 radical (unpaired) electrons. The van der Waals surface area contributed by atoms with E-state index in [-0.39, 0.29) is 28.4 Å². The molecule has 1 aliphatic rings. The van der Waals surface area contributed by atoms with Crippen molar-refractivity contribution >= 4 is 22.9 Å². The fourth-order valence-electron chi connectivity index (χ4n) is 3.18. The SMILES string of the molecule is COCCO[C@H]1C(OC)[C@@H](COC)S[C@H]1n1cnc2c(=O)[nH]c(C)nc21. The molecule has 1 fully saturated rings. The van der Waals surface area contributed by atoms with Gasteiger partial charge in [0.2, 0.25) is 0 Å². The highest BCUT2D eigenvalue weighted by atomic mass is 32.2. The Balaban J connectivity index is 1.98. The molecule has 26 heavy (non-hydrogen) atoms. The Morgan fingerprint density at radius 2 is 2.04 bits per heavy atom. The zero-order chi connectivity index (χ0) is 18.7. The third-order valence-electron chi connectivity index (χ3n) is 4.31. The normalized spacial score (nSPS) is 26.0. The van der Waals surface area contributed by atoms with Crippen molar-refractivity contribution in [1.82, 2.24) is 19.5 Å². The maximum Gasteiger partial charge on any atom is 0.279 e. The Kier molecular flexibility index (Phi) is 6.30. The molecule has 9 nitrogen and oxygen atoms in total. The lowest BCUT2D eigenvalue weighted by atomic mass is 10.1. The van der Waals surface area contributed by atoms with E-state index in [1.54, 1.807) is 46.3 Å². The molecular formula is C16H24N4O5S. The number of H-pyrrole nitrogens is 1. The van der Waals surface area contributed by atoms with Crippen molar-refractivity contribution < 1.29 is 18.9 Å². The van der Waals surface area contributed by atoms with Crippen LogP contribution in [0.5, 0.6) is 0 Å². The minimum atomic E-state index is -0.251. The molecule has 4 atom stereocenters. The number of nitrogens with zero attached hydrogens (tertiary/aromatic N) is 3. The summed E-state index contributed by atoms with van der Waals surface area (Å²) in [6, 6.07) is 0. The van der Waals surface area contributed by atoms with E-state index >= 15 is 0 Å². The number of methoxy groups -OCH3 is 3. The van der Waals surface area contributed by atoms with Crippen LogP contribution < -0.4 is 5.56 Å². The van der Waals surface area contributed by atoms with E-state index in [2.05, 4.69) is 15.0 Å². The third-order valence-corrected chi connectivity index (χ3v) is 5.84. The van der Waals surface area contributed by atoms with Gasteiger partial charge < -0.3 is 23.9 Å². The predicted octanol–water partition coefficient (Wildman–Crippen LogP) is 0.735. The zero-order valence-electron chi connectivity index (χ0n) is 15.3. The van der Waals surface area contributed by atoms with Gasteiger partial charge in [-0.15, -0.1) is 11.8 Å². The average molecular weight is 384 g/mol. The fraction of sp³-hybridized carbons (Fsp3) is 0.688. The van der Waals surface area contributed by atoms with Gasteiger partial charge in [0, 0.05) is 21.3 Å². The molecule has 0 bridgehead atoms. The molecule has 0 amide bonds. The highest BCUT2D eigenvalue weighted by molar-refractivity contribution is 8.00. The third kappa shape index (κ3) is 3.65. The van der Waals surface area contributed by atoms with E-state index in [0.29, 0.717) is 36.8 Å². The van der Waals surface area contributed by atoms with Gasteiger partial charge in [0.1, 0.15) is 23.4 Å². The van der Waals surface area contributed by atoms with E-state index in [1.807, 2.05) is 4.57 Å². The number of aromatic amines is 1. The second kappa shape index (κ2) is 8.49. The van der Waals surface area contributed by atoms with Crippen molar-refractivity contribution in [2.45, 2.75) is 29.8 Å². The zero-order valence-corrected chi connectivity index (χ0v) is 16.1. The molecule has 10 heteroatoms. The second-order valence-electron chi connectivity index (χ2n) is 6.02. The summed E-state index contributed by atoms with van der Waals surface area (Å²) in [7, 11) is 4.97. The summed E-state index contributed by atoms with van der Waals surface area (Å²) < 4.78 is 24.1.